The number of nitrogens with one attached hydrogen (secondary N) is 2. The number of anilines is 1. The van der Waals surface area contributed by atoms with Crippen LogP contribution in [0.3, 0.4) is 0 Å². The van der Waals surface area contributed by atoms with Gasteiger partial charge >= 0.3 is 0 Å². The number of hydrogen-bond acceptors (Lipinski definition) is 4. The summed E-state index contributed by atoms with van der Waals surface area (Å²) in [6.45, 7) is 2.17. The van der Waals surface area contributed by atoms with E-state index in [2.05, 4.69) is 27.4 Å². The summed E-state index contributed by atoms with van der Waals surface area (Å²) in [5.74, 6) is 2.80. The Labute approximate surface area is 93.3 Å². The van der Waals surface area contributed by atoms with Gasteiger partial charge < -0.3 is 9.73 Å². The highest BCUT2D eigenvalue weighted by Crippen LogP contribution is 2.33. The summed E-state index contributed by atoms with van der Waals surface area (Å²) in [7, 11) is 0. The first-order valence-electron chi connectivity index (χ1n) is 5.56. The lowest BCUT2D eigenvalue weighted by molar-refractivity contribution is 0.577. The van der Waals surface area contributed by atoms with E-state index in [-0.39, 0.29) is 0 Å². The van der Waals surface area contributed by atoms with E-state index in [9.17, 15) is 0 Å². The molecular formula is C11H14N4O. The standard InChI is InChI=1S/C11H14N4O/c1-7(8-4-5-8)12-11-13-10(14-15-11)9-3-2-6-16-9/h2-3,6-8H,4-5H2,1H3,(H2,12,13,14,15). The van der Waals surface area contributed by atoms with E-state index in [1.807, 2.05) is 12.1 Å². The van der Waals surface area contributed by atoms with Crippen molar-refractivity contribution in [3.05, 3.63) is 18.4 Å². The Balaban J connectivity index is 1.72. The van der Waals surface area contributed by atoms with E-state index in [4.69, 9.17) is 4.42 Å². The average Bonchev–Trinajstić information content (AvgIpc) is 2.80. The van der Waals surface area contributed by atoms with Crippen LogP contribution in [0.25, 0.3) is 11.6 Å². The largest absolute Gasteiger partial charge is 0.461 e. The molecule has 2 aromatic rings. The van der Waals surface area contributed by atoms with Crippen LogP contribution in [0.2, 0.25) is 0 Å². The molecule has 1 saturated carbocycles. The van der Waals surface area contributed by atoms with E-state index >= 15 is 0 Å². The topological polar surface area (TPSA) is 66.7 Å². The average molecular weight is 218 g/mol. The van der Waals surface area contributed by atoms with Crippen LogP contribution in [0.4, 0.5) is 5.95 Å². The summed E-state index contributed by atoms with van der Waals surface area (Å²) >= 11 is 0. The van der Waals surface area contributed by atoms with Gasteiger partial charge in [-0.15, -0.1) is 5.10 Å². The molecule has 3 rings (SSSR count). The lowest BCUT2D eigenvalue weighted by atomic mass is 10.2. The van der Waals surface area contributed by atoms with E-state index < -0.39 is 0 Å². The molecule has 1 aliphatic carbocycles. The van der Waals surface area contributed by atoms with Crippen LogP contribution in [-0.4, -0.2) is 21.2 Å². The molecule has 0 amide bonds. The second-order valence-corrected chi connectivity index (χ2v) is 4.26. The Morgan fingerprint density at radius 2 is 2.44 bits per heavy atom. The predicted octanol–water partition coefficient (Wildman–Crippen LogP) is 2.28. The Hall–Kier alpha value is -1.78. The van der Waals surface area contributed by atoms with Gasteiger partial charge in [0, 0.05) is 6.04 Å². The fourth-order valence-electron chi connectivity index (χ4n) is 1.77. The molecule has 1 aliphatic rings. The highest BCUT2D eigenvalue weighted by atomic mass is 16.3. The van der Waals surface area contributed by atoms with Crippen LogP contribution >= 0.6 is 0 Å². The van der Waals surface area contributed by atoms with Gasteiger partial charge in [-0.1, -0.05) is 0 Å². The second-order valence-electron chi connectivity index (χ2n) is 4.26. The third kappa shape index (κ3) is 1.80. The maximum absolute atomic E-state index is 5.24. The molecule has 16 heavy (non-hydrogen) atoms. The second kappa shape index (κ2) is 3.66. The van der Waals surface area contributed by atoms with Crippen molar-refractivity contribution in [1.82, 2.24) is 15.2 Å². The maximum Gasteiger partial charge on any atom is 0.242 e. The van der Waals surface area contributed by atoms with Gasteiger partial charge in [0.05, 0.1) is 6.26 Å². The van der Waals surface area contributed by atoms with Crippen LogP contribution < -0.4 is 5.32 Å². The number of nitrogens with zero attached hydrogens (tertiary/aromatic N) is 2. The summed E-state index contributed by atoms with van der Waals surface area (Å²) in [5.41, 5.74) is 0. The summed E-state index contributed by atoms with van der Waals surface area (Å²) < 4.78 is 5.24. The van der Waals surface area contributed by atoms with Crippen molar-refractivity contribution >= 4 is 5.95 Å². The fourth-order valence-corrected chi connectivity index (χ4v) is 1.77. The van der Waals surface area contributed by atoms with Gasteiger partial charge in [0.25, 0.3) is 0 Å². The molecule has 2 aromatic heterocycles. The molecule has 0 radical (unpaired) electrons. The molecule has 0 aromatic carbocycles. The van der Waals surface area contributed by atoms with Crippen LogP contribution in [0.5, 0.6) is 0 Å². The number of aromatic amines is 1. The summed E-state index contributed by atoms with van der Waals surface area (Å²) in [6.07, 6.45) is 4.24. The van der Waals surface area contributed by atoms with Gasteiger partial charge in [-0.05, 0) is 37.8 Å². The smallest absolute Gasteiger partial charge is 0.242 e. The zero-order chi connectivity index (χ0) is 11.0. The molecular weight excluding hydrogens is 204 g/mol. The Morgan fingerprint density at radius 1 is 1.56 bits per heavy atom. The van der Waals surface area contributed by atoms with Crippen LogP contribution in [0.15, 0.2) is 22.8 Å². The van der Waals surface area contributed by atoms with Crippen LogP contribution in [0, 0.1) is 5.92 Å². The molecule has 2 N–H and O–H groups in total. The van der Waals surface area contributed by atoms with Gasteiger partial charge in [0.1, 0.15) is 0 Å². The quantitative estimate of drug-likeness (QED) is 0.826. The molecule has 0 spiro atoms. The first-order chi connectivity index (χ1) is 7.83. The van der Waals surface area contributed by atoms with E-state index in [0.717, 1.165) is 5.92 Å². The lowest BCUT2D eigenvalue weighted by Crippen LogP contribution is -2.18. The highest BCUT2D eigenvalue weighted by molar-refractivity contribution is 5.48. The van der Waals surface area contributed by atoms with Crippen molar-refractivity contribution < 1.29 is 4.42 Å². The van der Waals surface area contributed by atoms with Crippen LogP contribution in [0.1, 0.15) is 19.8 Å². The van der Waals surface area contributed by atoms with Gasteiger partial charge in [-0.2, -0.15) is 4.98 Å². The Kier molecular flexibility index (Phi) is 2.16. The molecule has 0 aliphatic heterocycles. The zero-order valence-electron chi connectivity index (χ0n) is 9.10. The van der Waals surface area contributed by atoms with E-state index in [1.54, 1.807) is 6.26 Å². The van der Waals surface area contributed by atoms with Gasteiger partial charge in [-0.25, -0.2) is 0 Å². The van der Waals surface area contributed by atoms with Crippen molar-refractivity contribution in [2.75, 3.05) is 5.32 Å². The lowest BCUT2D eigenvalue weighted by Gasteiger charge is -2.09. The molecule has 2 heterocycles. The minimum absolute atomic E-state index is 0.445. The predicted molar refractivity (Wildman–Crippen MR) is 59.9 cm³/mol. The number of hydrogen-bond donors (Lipinski definition) is 2. The molecule has 1 unspecified atom stereocenters. The van der Waals surface area contributed by atoms with E-state index in [0.29, 0.717) is 23.6 Å². The minimum atomic E-state index is 0.445. The first-order valence-corrected chi connectivity index (χ1v) is 5.56. The summed E-state index contributed by atoms with van der Waals surface area (Å²) in [4.78, 5) is 4.33. The van der Waals surface area contributed by atoms with Crippen molar-refractivity contribution in [3.8, 4) is 11.6 Å². The molecule has 1 fully saturated rings. The van der Waals surface area contributed by atoms with E-state index in [1.165, 1.54) is 12.8 Å². The third-order valence-corrected chi connectivity index (χ3v) is 2.93. The van der Waals surface area contributed by atoms with Crippen molar-refractivity contribution in [3.63, 3.8) is 0 Å². The number of H-pyrrole nitrogens is 1. The van der Waals surface area contributed by atoms with Crippen molar-refractivity contribution in [1.29, 1.82) is 0 Å². The number of rotatable bonds is 4. The van der Waals surface area contributed by atoms with Crippen LogP contribution in [-0.2, 0) is 0 Å². The molecule has 84 valence electrons. The normalized spacial score (nSPS) is 17.3. The highest BCUT2D eigenvalue weighted by Gasteiger charge is 2.28. The minimum Gasteiger partial charge on any atom is -0.461 e. The van der Waals surface area contributed by atoms with Gasteiger partial charge in [-0.3, -0.25) is 5.10 Å². The SMILES string of the molecule is CC(Nc1n[nH]c(-c2ccco2)n1)C1CC1. The third-order valence-electron chi connectivity index (χ3n) is 2.93. The van der Waals surface area contributed by atoms with Gasteiger partial charge in [0.2, 0.25) is 5.95 Å². The van der Waals surface area contributed by atoms with Gasteiger partial charge in [0.15, 0.2) is 11.6 Å². The van der Waals surface area contributed by atoms with Crippen molar-refractivity contribution in [2.45, 2.75) is 25.8 Å². The first kappa shape index (κ1) is 9.45. The maximum atomic E-state index is 5.24. The Morgan fingerprint density at radius 3 is 3.12 bits per heavy atom. The summed E-state index contributed by atoms with van der Waals surface area (Å²) in [6, 6.07) is 4.13. The zero-order valence-corrected chi connectivity index (χ0v) is 9.10. The monoisotopic (exact) mass is 218 g/mol. The Bertz CT molecular complexity index is 458. The number of aromatic nitrogens is 3. The molecule has 1 atom stereocenters. The molecule has 5 nitrogen and oxygen atoms in total. The number of furan rings is 1. The molecule has 0 saturated heterocycles. The van der Waals surface area contributed by atoms with Crippen molar-refractivity contribution in [2.24, 2.45) is 5.92 Å². The molecule has 0 bridgehead atoms. The fraction of sp³-hybridized carbons (Fsp3) is 0.455. The summed E-state index contributed by atoms with van der Waals surface area (Å²) in [5, 5.41) is 10.3. The molecule has 5 heteroatoms.